The molecule has 3 N–H and O–H groups in total. The second-order valence-corrected chi connectivity index (χ2v) is 5.29. The van der Waals surface area contributed by atoms with E-state index in [9.17, 15) is 4.79 Å². The van der Waals surface area contributed by atoms with Gasteiger partial charge in [0.2, 0.25) is 5.91 Å². The number of nitrogens with one attached hydrogen (secondary N) is 1. The van der Waals surface area contributed by atoms with Gasteiger partial charge in [0.15, 0.2) is 0 Å². The summed E-state index contributed by atoms with van der Waals surface area (Å²) in [6.07, 6.45) is 4.47. The van der Waals surface area contributed by atoms with Gasteiger partial charge in [0.25, 0.3) is 0 Å². The molecule has 0 aliphatic carbocycles. The van der Waals surface area contributed by atoms with Gasteiger partial charge in [-0.25, -0.2) is 0 Å². The molecule has 24 heavy (non-hydrogen) atoms. The van der Waals surface area contributed by atoms with Crippen molar-refractivity contribution in [2.75, 3.05) is 11.9 Å². The summed E-state index contributed by atoms with van der Waals surface area (Å²) in [5.41, 5.74) is 8.41. The molecule has 1 amide bonds. The van der Waals surface area contributed by atoms with Crippen LogP contribution in [-0.4, -0.2) is 27.6 Å². The van der Waals surface area contributed by atoms with Crippen LogP contribution in [0.1, 0.15) is 15.9 Å². The Balaban J connectivity index is 1.63. The molecule has 2 aromatic heterocycles. The minimum absolute atomic E-state index is 0.452. The van der Waals surface area contributed by atoms with Gasteiger partial charge in [0, 0.05) is 30.1 Å². The topological polar surface area (TPSA) is 93.8 Å². The molecule has 3 rings (SSSR count). The fourth-order valence-electron chi connectivity index (χ4n) is 2.29. The molecule has 0 saturated carbocycles. The van der Waals surface area contributed by atoms with Crippen LogP contribution in [0.5, 0.6) is 0 Å². The number of anilines is 1. The Kier molecular flexibility index (Phi) is 4.76. The molecular formula is C18H17N5O. The van der Waals surface area contributed by atoms with Gasteiger partial charge in [-0.3, -0.25) is 9.78 Å². The van der Waals surface area contributed by atoms with Crippen LogP contribution < -0.4 is 11.1 Å². The monoisotopic (exact) mass is 319 g/mol. The molecule has 2 heterocycles. The minimum Gasteiger partial charge on any atom is -0.368 e. The van der Waals surface area contributed by atoms with Gasteiger partial charge in [-0.2, -0.15) is 0 Å². The maximum absolute atomic E-state index is 11.2. The largest absolute Gasteiger partial charge is 0.368 e. The lowest BCUT2D eigenvalue weighted by molar-refractivity contribution is 0.100. The average molecular weight is 319 g/mol. The highest BCUT2D eigenvalue weighted by atomic mass is 16.1. The van der Waals surface area contributed by atoms with Crippen LogP contribution in [0.25, 0.3) is 11.3 Å². The van der Waals surface area contributed by atoms with E-state index in [1.165, 1.54) is 0 Å². The van der Waals surface area contributed by atoms with Crippen molar-refractivity contribution < 1.29 is 4.79 Å². The maximum atomic E-state index is 11.2. The molecule has 0 radical (unpaired) electrons. The van der Waals surface area contributed by atoms with Crippen LogP contribution in [0.2, 0.25) is 0 Å². The number of carbonyl (C=O) groups excluding carboxylic acids is 1. The lowest BCUT2D eigenvalue weighted by Gasteiger charge is -2.06. The summed E-state index contributed by atoms with van der Waals surface area (Å²) in [4.78, 5) is 15.3. The molecule has 0 fully saturated rings. The highest BCUT2D eigenvalue weighted by Gasteiger charge is 2.05. The van der Waals surface area contributed by atoms with Crippen molar-refractivity contribution in [3.63, 3.8) is 0 Å². The van der Waals surface area contributed by atoms with Crippen molar-refractivity contribution in [3.05, 3.63) is 72.1 Å². The zero-order valence-electron chi connectivity index (χ0n) is 13.0. The Morgan fingerprint density at radius 1 is 1.08 bits per heavy atom. The summed E-state index contributed by atoms with van der Waals surface area (Å²) in [7, 11) is 0. The van der Waals surface area contributed by atoms with E-state index in [-0.39, 0.29) is 0 Å². The predicted octanol–water partition coefficient (Wildman–Crippen LogP) is 2.29. The molecule has 6 nitrogen and oxygen atoms in total. The molecule has 6 heteroatoms. The third kappa shape index (κ3) is 3.92. The first-order valence-corrected chi connectivity index (χ1v) is 7.59. The number of primary amides is 1. The lowest BCUT2D eigenvalue weighted by atomic mass is 10.1. The van der Waals surface area contributed by atoms with Gasteiger partial charge in [0.1, 0.15) is 5.82 Å². The Labute approximate surface area is 139 Å². The van der Waals surface area contributed by atoms with E-state index in [2.05, 4.69) is 20.5 Å². The number of carbonyl (C=O) groups is 1. The van der Waals surface area contributed by atoms with Crippen molar-refractivity contribution in [3.8, 4) is 11.3 Å². The summed E-state index contributed by atoms with van der Waals surface area (Å²) >= 11 is 0. The molecule has 0 atom stereocenters. The first kappa shape index (κ1) is 15.6. The number of amides is 1. The van der Waals surface area contributed by atoms with E-state index in [0.29, 0.717) is 17.1 Å². The molecule has 3 aromatic rings. The third-order valence-corrected chi connectivity index (χ3v) is 3.55. The Bertz CT molecular complexity index is 818. The van der Waals surface area contributed by atoms with Crippen molar-refractivity contribution in [1.29, 1.82) is 0 Å². The molecular weight excluding hydrogens is 302 g/mol. The molecule has 0 saturated heterocycles. The van der Waals surface area contributed by atoms with Crippen LogP contribution >= 0.6 is 0 Å². The molecule has 0 spiro atoms. The van der Waals surface area contributed by atoms with Gasteiger partial charge in [-0.05, 0) is 42.3 Å². The quantitative estimate of drug-likeness (QED) is 0.727. The second-order valence-electron chi connectivity index (χ2n) is 5.29. The maximum Gasteiger partial charge on any atom is 0.248 e. The van der Waals surface area contributed by atoms with E-state index in [1.807, 2.05) is 36.5 Å². The van der Waals surface area contributed by atoms with E-state index < -0.39 is 5.91 Å². The highest BCUT2D eigenvalue weighted by molar-refractivity contribution is 5.93. The smallest absolute Gasteiger partial charge is 0.248 e. The van der Waals surface area contributed by atoms with Gasteiger partial charge in [-0.1, -0.05) is 18.2 Å². The number of nitrogens with two attached hydrogens (primary N) is 1. The molecule has 0 unspecified atom stereocenters. The van der Waals surface area contributed by atoms with Crippen LogP contribution in [0, 0.1) is 0 Å². The molecule has 0 aliphatic rings. The molecule has 120 valence electrons. The van der Waals surface area contributed by atoms with Gasteiger partial charge >= 0.3 is 0 Å². The fourth-order valence-corrected chi connectivity index (χ4v) is 2.29. The first-order chi connectivity index (χ1) is 11.7. The third-order valence-electron chi connectivity index (χ3n) is 3.55. The van der Waals surface area contributed by atoms with Gasteiger partial charge < -0.3 is 11.1 Å². The molecule has 1 aromatic carbocycles. The van der Waals surface area contributed by atoms with Crippen molar-refractivity contribution in [2.45, 2.75) is 6.42 Å². The highest BCUT2D eigenvalue weighted by Crippen LogP contribution is 2.18. The summed E-state index contributed by atoms with van der Waals surface area (Å²) in [5.74, 6) is 0.243. The van der Waals surface area contributed by atoms with Crippen LogP contribution in [-0.2, 0) is 6.42 Å². The number of pyridine rings is 1. The molecule has 0 bridgehead atoms. The van der Waals surface area contributed by atoms with Crippen LogP contribution in [0.4, 0.5) is 5.82 Å². The number of benzene rings is 1. The SMILES string of the molecule is NC(=O)c1cccc(-c2ccc(NCCc3cccnc3)nn2)c1. The summed E-state index contributed by atoms with van der Waals surface area (Å²) < 4.78 is 0. The van der Waals surface area contributed by atoms with Gasteiger partial charge in [-0.15, -0.1) is 10.2 Å². The first-order valence-electron chi connectivity index (χ1n) is 7.59. The van der Waals surface area contributed by atoms with Gasteiger partial charge in [0.05, 0.1) is 5.69 Å². The van der Waals surface area contributed by atoms with E-state index in [1.54, 1.807) is 24.4 Å². The summed E-state index contributed by atoms with van der Waals surface area (Å²) in [6.45, 7) is 0.747. The van der Waals surface area contributed by atoms with E-state index in [4.69, 9.17) is 5.73 Å². The fraction of sp³-hybridized carbons (Fsp3) is 0.111. The predicted molar refractivity (Wildman–Crippen MR) is 92.4 cm³/mol. The summed E-state index contributed by atoms with van der Waals surface area (Å²) in [5, 5.41) is 11.6. The number of hydrogen-bond acceptors (Lipinski definition) is 5. The zero-order valence-corrected chi connectivity index (χ0v) is 13.0. The average Bonchev–Trinajstić information content (AvgIpc) is 2.63. The van der Waals surface area contributed by atoms with E-state index >= 15 is 0 Å². The second kappa shape index (κ2) is 7.32. The lowest BCUT2D eigenvalue weighted by Crippen LogP contribution is -2.10. The Hall–Kier alpha value is -3.28. The summed E-state index contributed by atoms with van der Waals surface area (Å²) in [6, 6.07) is 14.7. The standard InChI is InChI=1S/C18H17N5O/c19-18(24)15-5-1-4-14(11-15)16-6-7-17(23-22-16)21-10-8-13-3-2-9-20-12-13/h1-7,9,11-12H,8,10H2,(H2,19,24)(H,21,23). The minimum atomic E-state index is -0.460. The Morgan fingerprint density at radius 2 is 2.00 bits per heavy atom. The van der Waals surface area contributed by atoms with Crippen molar-refractivity contribution >= 4 is 11.7 Å². The van der Waals surface area contributed by atoms with E-state index in [0.717, 1.165) is 24.1 Å². The number of nitrogens with zero attached hydrogens (tertiary/aromatic N) is 3. The number of hydrogen-bond donors (Lipinski definition) is 2. The Morgan fingerprint density at radius 3 is 2.71 bits per heavy atom. The van der Waals surface area contributed by atoms with Crippen LogP contribution in [0.3, 0.4) is 0 Å². The van der Waals surface area contributed by atoms with Crippen molar-refractivity contribution in [2.24, 2.45) is 5.73 Å². The van der Waals surface area contributed by atoms with Crippen LogP contribution in [0.15, 0.2) is 60.9 Å². The normalized spacial score (nSPS) is 10.3. The molecule has 0 aliphatic heterocycles. The number of rotatable bonds is 6. The van der Waals surface area contributed by atoms with Crippen molar-refractivity contribution in [1.82, 2.24) is 15.2 Å². The number of aromatic nitrogens is 3. The zero-order chi connectivity index (χ0) is 16.8.